The zero-order valence-corrected chi connectivity index (χ0v) is 16.1. The molecular weight excluding hydrogens is 382 g/mol. The minimum Gasteiger partial charge on any atom is -0.333 e. The Balaban J connectivity index is 0.00000225. The van der Waals surface area contributed by atoms with Crippen LogP contribution in [0.3, 0.4) is 0 Å². The number of carbonyl (C=O) groups excluding carboxylic acids is 1. The van der Waals surface area contributed by atoms with Gasteiger partial charge >= 0.3 is 0 Å². The van der Waals surface area contributed by atoms with Crippen LogP contribution in [0, 0.1) is 0 Å². The van der Waals surface area contributed by atoms with Gasteiger partial charge in [-0.1, -0.05) is 12.1 Å². The van der Waals surface area contributed by atoms with Gasteiger partial charge in [-0.2, -0.15) is 0 Å². The molecule has 0 aliphatic carbocycles. The largest absolute Gasteiger partial charge is 0.333 e. The minimum atomic E-state index is -3.61. The first kappa shape index (κ1) is 19.7. The Hall–Kier alpha value is -1.61. The van der Waals surface area contributed by atoms with Crippen molar-refractivity contribution < 1.29 is 13.2 Å². The number of thiophene rings is 1. The lowest BCUT2D eigenvalue weighted by Crippen LogP contribution is -2.52. The topological polar surface area (TPSA) is 78.5 Å². The Morgan fingerprint density at radius 3 is 2.80 bits per heavy atom. The molecule has 2 N–H and O–H groups in total. The summed E-state index contributed by atoms with van der Waals surface area (Å²) in [6.07, 6.45) is 0. The molecular formula is C16H20ClN3O3S2. The van der Waals surface area contributed by atoms with E-state index in [0.29, 0.717) is 17.8 Å². The van der Waals surface area contributed by atoms with Gasteiger partial charge in [0, 0.05) is 36.9 Å². The highest BCUT2D eigenvalue weighted by atomic mass is 35.5. The number of piperazine rings is 1. The average Bonchev–Trinajstić information content (AvgIpc) is 3.10. The van der Waals surface area contributed by atoms with Gasteiger partial charge in [0.15, 0.2) is 0 Å². The second-order valence-corrected chi connectivity index (χ2v) is 8.53. The smallest absolute Gasteiger partial charge is 0.271 e. The van der Waals surface area contributed by atoms with Crippen LogP contribution in [0.15, 0.2) is 46.0 Å². The summed E-state index contributed by atoms with van der Waals surface area (Å²) >= 11 is 1.15. The van der Waals surface area contributed by atoms with Crippen molar-refractivity contribution in [1.29, 1.82) is 0 Å². The van der Waals surface area contributed by atoms with Crippen LogP contribution in [-0.2, 0) is 10.0 Å². The number of nitrogens with one attached hydrogen (secondary N) is 2. The quantitative estimate of drug-likeness (QED) is 0.824. The molecule has 0 bridgehead atoms. The molecule has 1 aromatic carbocycles. The lowest BCUT2D eigenvalue weighted by Gasteiger charge is -2.34. The van der Waals surface area contributed by atoms with E-state index < -0.39 is 10.0 Å². The van der Waals surface area contributed by atoms with Crippen LogP contribution in [0.2, 0.25) is 0 Å². The van der Waals surface area contributed by atoms with Crippen molar-refractivity contribution >= 4 is 45.4 Å². The van der Waals surface area contributed by atoms with E-state index >= 15 is 0 Å². The summed E-state index contributed by atoms with van der Waals surface area (Å²) in [6.45, 7) is 4.16. The number of halogens is 1. The zero-order valence-electron chi connectivity index (χ0n) is 13.6. The molecule has 136 valence electrons. The molecule has 1 amide bonds. The molecule has 1 aromatic heterocycles. The normalized spacial score (nSPS) is 17.6. The number of carbonyl (C=O) groups is 1. The van der Waals surface area contributed by atoms with Gasteiger partial charge in [-0.05, 0) is 36.6 Å². The van der Waals surface area contributed by atoms with Crippen LogP contribution in [0.1, 0.15) is 17.3 Å². The molecule has 2 aromatic rings. The zero-order chi connectivity index (χ0) is 17.2. The average molecular weight is 402 g/mol. The maximum atomic E-state index is 12.7. The molecule has 1 saturated heterocycles. The van der Waals surface area contributed by atoms with E-state index in [1.165, 1.54) is 0 Å². The number of nitrogens with zero attached hydrogens (tertiary/aromatic N) is 1. The van der Waals surface area contributed by atoms with Crippen LogP contribution >= 0.6 is 23.7 Å². The molecule has 1 fully saturated rings. The van der Waals surface area contributed by atoms with Crippen molar-refractivity contribution in [2.45, 2.75) is 17.2 Å². The molecule has 0 unspecified atom stereocenters. The van der Waals surface area contributed by atoms with Crippen molar-refractivity contribution in [3.63, 3.8) is 0 Å². The van der Waals surface area contributed by atoms with E-state index in [4.69, 9.17) is 0 Å². The van der Waals surface area contributed by atoms with Crippen molar-refractivity contribution in [3.8, 4) is 0 Å². The monoisotopic (exact) mass is 401 g/mol. The predicted octanol–water partition coefficient (Wildman–Crippen LogP) is 2.40. The highest BCUT2D eigenvalue weighted by Gasteiger charge is 2.24. The third-order valence-electron chi connectivity index (χ3n) is 3.88. The van der Waals surface area contributed by atoms with E-state index in [0.717, 1.165) is 24.4 Å². The van der Waals surface area contributed by atoms with Crippen LogP contribution in [0.4, 0.5) is 5.69 Å². The first-order valence-corrected chi connectivity index (χ1v) is 10.0. The number of hydrogen-bond acceptors (Lipinski definition) is 5. The summed E-state index contributed by atoms with van der Waals surface area (Å²) in [7, 11) is -3.61. The number of amides is 1. The highest BCUT2D eigenvalue weighted by Crippen LogP contribution is 2.21. The van der Waals surface area contributed by atoms with Crippen molar-refractivity contribution in [2.24, 2.45) is 0 Å². The SMILES string of the molecule is C[C@H]1CNCCN1C(=O)c1cccc(NS(=O)(=O)c2cccs2)c1.Cl. The third-order valence-corrected chi connectivity index (χ3v) is 6.66. The highest BCUT2D eigenvalue weighted by molar-refractivity contribution is 7.94. The fourth-order valence-corrected chi connectivity index (χ4v) is 4.69. The first-order valence-electron chi connectivity index (χ1n) is 7.65. The summed E-state index contributed by atoms with van der Waals surface area (Å²) in [4.78, 5) is 14.5. The molecule has 2 heterocycles. The number of sulfonamides is 1. The van der Waals surface area contributed by atoms with Gasteiger partial charge in [-0.3, -0.25) is 9.52 Å². The molecule has 0 radical (unpaired) electrons. The fraction of sp³-hybridized carbons (Fsp3) is 0.312. The molecule has 1 aliphatic heterocycles. The van der Waals surface area contributed by atoms with Gasteiger partial charge in [0.05, 0.1) is 0 Å². The summed E-state index contributed by atoms with van der Waals surface area (Å²) in [5.74, 6) is -0.0822. The molecule has 0 spiro atoms. The number of anilines is 1. The van der Waals surface area contributed by atoms with Gasteiger partial charge < -0.3 is 10.2 Å². The van der Waals surface area contributed by atoms with Crippen molar-refractivity contribution in [1.82, 2.24) is 10.2 Å². The second-order valence-electron chi connectivity index (χ2n) is 5.67. The van der Waals surface area contributed by atoms with Crippen molar-refractivity contribution in [3.05, 3.63) is 47.3 Å². The Bertz CT molecular complexity index is 825. The predicted molar refractivity (Wildman–Crippen MR) is 102 cm³/mol. The summed E-state index contributed by atoms with van der Waals surface area (Å²) < 4.78 is 27.4. The Labute approximate surface area is 157 Å². The lowest BCUT2D eigenvalue weighted by atomic mass is 10.1. The summed E-state index contributed by atoms with van der Waals surface area (Å²) in [5, 5.41) is 4.95. The summed E-state index contributed by atoms with van der Waals surface area (Å²) in [6, 6.07) is 9.96. The maximum absolute atomic E-state index is 12.7. The number of benzene rings is 1. The van der Waals surface area contributed by atoms with Crippen LogP contribution in [-0.4, -0.2) is 44.9 Å². The summed E-state index contributed by atoms with van der Waals surface area (Å²) in [5.41, 5.74) is 0.868. The van der Waals surface area contributed by atoms with Gasteiger partial charge in [0.2, 0.25) is 0 Å². The van der Waals surface area contributed by atoms with Gasteiger partial charge in [0.1, 0.15) is 4.21 Å². The van der Waals surface area contributed by atoms with E-state index in [9.17, 15) is 13.2 Å². The van der Waals surface area contributed by atoms with E-state index in [2.05, 4.69) is 10.0 Å². The maximum Gasteiger partial charge on any atom is 0.271 e. The first-order chi connectivity index (χ1) is 11.5. The number of hydrogen-bond donors (Lipinski definition) is 2. The van der Waals surface area contributed by atoms with Gasteiger partial charge in [-0.25, -0.2) is 8.42 Å². The molecule has 3 rings (SSSR count). The Kier molecular flexibility index (Phi) is 6.45. The lowest BCUT2D eigenvalue weighted by molar-refractivity contribution is 0.0656. The molecule has 1 atom stereocenters. The molecule has 0 saturated carbocycles. The molecule has 1 aliphatic rings. The van der Waals surface area contributed by atoms with Crippen LogP contribution < -0.4 is 10.0 Å². The van der Waals surface area contributed by atoms with Gasteiger partial charge in [0.25, 0.3) is 15.9 Å². The standard InChI is InChI=1S/C16H19N3O3S2.ClH/c1-12-11-17-7-8-19(12)16(20)13-4-2-5-14(10-13)18-24(21,22)15-6-3-9-23-15;/h2-6,9-10,12,17-18H,7-8,11H2,1H3;1H/t12-;/m0./s1. The Morgan fingerprint density at radius 2 is 2.12 bits per heavy atom. The molecule has 6 nitrogen and oxygen atoms in total. The fourth-order valence-electron chi connectivity index (χ4n) is 2.65. The van der Waals surface area contributed by atoms with Crippen molar-refractivity contribution in [2.75, 3.05) is 24.4 Å². The van der Waals surface area contributed by atoms with E-state index in [1.54, 1.807) is 41.8 Å². The van der Waals surface area contributed by atoms with Gasteiger partial charge in [-0.15, -0.1) is 23.7 Å². The molecule has 25 heavy (non-hydrogen) atoms. The van der Waals surface area contributed by atoms with Crippen LogP contribution in [0.25, 0.3) is 0 Å². The second kappa shape index (κ2) is 8.18. The Morgan fingerprint density at radius 1 is 1.32 bits per heavy atom. The number of rotatable bonds is 4. The van der Waals surface area contributed by atoms with E-state index in [1.807, 2.05) is 11.8 Å². The van der Waals surface area contributed by atoms with E-state index in [-0.39, 0.29) is 28.6 Å². The van der Waals surface area contributed by atoms with Crippen LogP contribution in [0.5, 0.6) is 0 Å². The third kappa shape index (κ3) is 4.52. The molecule has 9 heteroatoms. The minimum absolute atomic E-state index is 0.